The number of esters is 1. The van der Waals surface area contributed by atoms with Crippen LogP contribution >= 0.6 is 0 Å². The van der Waals surface area contributed by atoms with Gasteiger partial charge < -0.3 is 4.74 Å². The molecule has 20 heavy (non-hydrogen) atoms. The van der Waals surface area contributed by atoms with Crippen molar-refractivity contribution >= 4 is 16.0 Å². The van der Waals surface area contributed by atoms with E-state index in [1.54, 1.807) is 25.1 Å². The van der Waals surface area contributed by atoms with Gasteiger partial charge in [0.1, 0.15) is 6.04 Å². The van der Waals surface area contributed by atoms with Crippen molar-refractivity contribution in [2.45, 2.75) is 44.0 Å². The highest BCUT2D eigenvalue weighted by atomic mass is 32.2. The number of sulfonamides is 1. The summed E-state index contributed by atoms with van der Waals surface area (Å²) in [5, 5.41) is 0. The third kappa shape index (κ3) is 4.94. The third-order valence-electron chi connectivity index (χ3n) is 2.77. The van der Waals surface area contributed by atoms with Gasteiger partial charge >= 0.3 is 5.97 Å². The summed E-state index contributed by atoms with van der Waals surface area (Å²) in [6, 6.07) is 7.16. The number of unbranched alkanes of at least 4 members (excludes halogenated alkanes) is 1. The van der Waals surface area contributed by atoms with E-state index < -0.39 is 22.0 Å². The topological polar surface area (TPSA) is 72.5 Å². The molecule has 1 aromatic rings. The van der Waals surface area contributed by atoms with E-state index in [-0.39, 0.29) is 11.5 Å². The van der Waals surface area contributed by atoms with Crippen molar-refractivity contribution in [2.24, 2.45) is 0 Å². The largest absolute Gasteiger partial charge is 0.465 e. The van der Waals surface area contributed by atoms with Crippen LogP contribution in [-0.4, -0.2) is 27.0 Å². The quantitative estimate of drug-likeness (QED) is 0.746. The zero-order chi connectivity index (χ0) is 15.0. The highest BCUT2D eigenvalue weighted by Gasteiger charge is 2.26. The Bertz CT molecular complexity index is 513. The lowest BCUT2D eigenvalue weighted by atomic mass is 10.1. The minimum absolute atomic E-state index is 0.144. The van der Waals surface area contributed by atoms with E-state index in [9.17, 15) is 13.2 Å². The number of ether oxygens (including phenoxy) is 1. The van der Waals surface area contributed by atoms with Gasteiger partial charge in [0.15, 0.2) is 0 Å². The number of carbonyl (C=O) groups excluding carboxylic acids is 1. The van der Waals surface area contributed by atoms with Crippen molar-refractivity contribution in [3.8, 4) is 0 Å². The van der Waals surface area contributed by atoms with Gasteiger partial charge in [-0.1, -0.05) is 38.0 Å². The molecule has 0 heterocycles. The van der Waals surface area contributed by atoms with Gasteiger partial charge in [-0.05, 0) is 25.5 Å². The number of nitrogens with one attached hydrogen (secondary N) is 1. The van der Waals surface area contributed by atoms with Crippen LogP contribution in [-0.2, 0) is 19.6 Å². The molecule has 0 radical (unpaired) electrons. The molecule has 1 unspecified atom stereocenters. The summed E-state index contributed by atoms with van der Waals surface area (Å²) in [6.45, 7) is 3.91. The first-order valence-electron chi connectivity index (χ1n) is 6.75. The molecular formula is C14H21NO4S. The van der Waals surface area contributed by atoms with Gasteiger partial charge in [0.05, 0.1) is 11.5 Å². The van der Waals surface area contributed by atoms with Crippen LogP contribution in [0.2, 0.25) is 0 Å². The Balaban J connectivity index is 2.85. The van der Waals surface area contributed by atoms with E-state index >= 15 is 0 Å². The average molecular weight is 299 g/mol. The zero-order valence-electron chi connectivity index (χ0n) is 11.8. The molecule has 0 aliphatic carbocycles. The smallest absolute Gasteiger partial charge is 0.324 e. The van der Waals surface area contributed by atoms with Gasteiger partial charge in [-0.15, -0.1) is 0 Å². The molecule has 0 aromatic heterocycles. The lowest BCUT2D eigenvalue weighted by Crippen LogP contribution is -2.41. The second kappa shape index (κ2) is 8.01. The standard InChI is InChI=1S/C14H21NO4S/c1-3-5-11-13(14(16)19-4-2)15-20(17,18)12-9-7-6-8-10-12/h6-10,13,15H,3-5,11H2,1-2H3. The van der Waals surface area contributed by atoms with Gasteiger partial charge in [0.25, 0.3) is 0 Å². The first-order valence-corrected chi connectivity index (χ1v) is 8.23. The summed E-state index contributed by atoms with van der Waals surface area (Å²) in [7, 11) is -3.70. The second-order valence-electron chi connectivity index (χ2n) is 4.38. The number of rotatable bonds is 8. The van der Waals surface area contributed by atoms with Crippen LogP contribution in [0, 0.1) is 0 Å². The number of hydrogen-bond donors (Lipinski definition) is 1. The van der Waals surface area contributed by atoms with Crippen LogP contribution in [0.3, 0.4) is 0 Å². The predicted octanol–water partition coefficient (Wildman–Crippen LogP) is 2.09. The lowest BCUT2D eigenvalue weighted by molar-refractivity contribution is -0.145. The summed E-state index contributed by atoms with van der Waals surface area (Å²) in [6.07, 6.45) is 2.06. The van der Waals surface area contributed by atoms with Crippen LogP contribution < -0.4 is 4.72 Å². The summed E-state index contributed by atoms with van der Waals surface area (Å²) in [5.74, 6) is -0.527. The Morgan fingerprint density at radius 1 is 1.25 bits per heavy atom. The van der Waals surface area contributed by atoms with Crippen LogP contribution in [0.25, 0.3) is 0 Å². The van der Waals surface area contributed by atoms with Gasteiger partial charge in [-0.2, -0.15) is 4.72 Å². The van der Waals surface area contributed by atoms with Crippen molar-refractivity contribution in [3.05, 3.63) is 30.3 Å². The predicted molar refractivity (Wildman–Crippen MR) is 76.7 cm³/mol. The Hall–Kier alpha value is -1.40. The SMILES string of the molecule is CCCCC(NS(=O)(=O)c1ccccc1)C(=O)OCC. The molecule has 1 rings (SSSR count). The Morgan fingerprint density at radius 2 is 1.90 bits per heavy atom. The van der Waals surface area contributed by atoms with Crippen molar-refractivity contribution in [1.29, 1.82) is 0 Å². The molecule has 0 aliphatic rings. The summed E-state index contributed by atoms with van der Waals surface area (Å²) in [4.78, 5) is 12.0. The van der Waals surface area contributed by atoms with E-state index in [0.717, 1.165) is 12.8 Å². The summed E-state index contributed by atoms with van der Waals surface area (Å²) >= 11 is 0. The molecule has 0 spiro atoms. The maximum Gasteiger partial charge on any atom is 0.324 e. The van der Waals surface area contributed by atoms with Gasteiger partial charge in [0.2, 0.25) is 10.0 Å². The van der Waals surface area contributed by atoms with Crippen molar-refractivity contribution in [1.82, 2.24) is 4.72 Å². The van der Waals surface area contributed by atoms with E-state index in [1.807, 2.05) is 6.92 Å². The normalized spacial score (nSPS) is 12.9. The molecule has 5 nitrogen and oxygen atoms in total. The minimum atomic E-state index is -3.70. The van der Waals surface area contributed by atoms with E-state index in [4.69, 9.17) is 4.74 Å². The van der Waals surface area contributed by atoms with E-state index in [1.165, 1.54) is 12.1 Å². The molecule has 1 atom stereocenters. The average Bonchev–Trinajstić information content (AvgIpc) is 2.44. The third-order valence-corrected chi connectivity index (χ3v) is 4.26. The summed E-state index contributed by atoms with van der Waals surface area (Å²) < 4.78 is 31.7. The highest BCUT2D eigenvalue weighted by molar-refractivity contribution is 7.89. The van der Waals surface area contributed by atoms with Crippen LogP contribution in [0.5, 0.6) is 0 Å². The molecule has 1 N–H and O–H groups in total. The lowest BCUT2D eigenvalue weighted by Gasteiger charge is -2.17. The molecule has 0 saturated heterocycles. The van der Waals surface area contributed by atoms with Crippen molar-refractivity contribution in [3.63, 3.8) is 0 Å². The molecule has 0 aliphatic heterocycles. The van der Waals surface area contributed by atoms with Crippen LogP contribution in [0.1, 0.15) is 33.1 Å². The van der Waals surface area contributed by atoms with Crippen molar-refractivity contribution in [2.75, 3.05) is 6.61 Å². The first kappa shape index (κ1) is 16.7. The molecule has 0 bridgehead atoms. The molecular weight excluding hydrogens is 278 g/mol. The van der Waals surface area contributed by atoms with Gasteiger partial charge in [-0.3, -0.25) is 4.79 Å². The molecule has 0 amide bonds. The van der Waals surface area contributed by atoms with Gasteiger partial charge in [-0.25, -0.2) is 8.42 Å². The molecule has 0 fully saturated rings. The minimum Gasteiger partial charge on any atom is -0.465 e. The van der Waals surface area contributed by atoms with Crippen LogP contribution in [0.4, 0.5) is 0 Å². The van der Waals surface area contributed by atoms with Crippen LogP contribution in [0.15, 0.2) is 35.2 Å². The fourth-order valence-electron chi connectivity index (χ4n) is 1.73. The van der Waals surface area contributed by atoms with E-state index in [2.05, 4.69) is 4.72 Å². The second-order valence-corrected chi connectivity index (χ2v) is 6.10. The fraction of sp³-hybridized carbons (Fsp3) is 0.500. The fourth-order valence-corrected chi connectivity index (χ4v) is 2.97. The number of carbonyl (C=O) groups is 1. The maximum absolute atomic E-state index is 12.2. The van der Waals surface area contributed by atoms with Gasteiger partial charge in [0, 0.05) is 0 Å². The Labute approximate surface area is 120 Å². The molecule has 1 aromatic carbocycles. The van der Waals surface area contributed by atoms with E-state index in [0.29, 0.717) is 6.42 Å². The molecule has 0 saturated carbocycles. The summed E-state index contributed by atoms with van der Waals surface area (Å²) in [5.41, 5.74) is 0. The zero-order valence-corrected chi connectivity index (χ0v) is 12.7. The monoisotopic (exact) mass is 299 g/mol. The highest BCUT2D eigenvalue weighted by Crippen LogP contribution is 2.11. The Kier molecular flexibility index (Phi) is 6.67. The Morgan fingerprint density at radius 3 is 2.45 bits per heavy atom. The van der Waals surface area contributed by atoms with Crippen molar-refractivity contribution < 1.29 is 17.9 Å². The number of hydrogen-bond acceptors (Lipinski definition) is 4. The maximum atomic E-state index is 12.2. The molecule has 6 heteroatoms. The first-order chi connectivity index (χ1) is 9.51. The number of benzene rings is 1. The molecule has 112 valence electrons.